The van der Waals surface area contributed by atoms with Crippen molar-refractivity contribution >= 4 is 17.7 Å². The van der Waals surface area contributed by atoms with Crippen LogP contribution in [-0.4, -0.2) is 40.4 Å². The molecule has 0 aliphatic heterocycles. The van der Waals surface area contributed by atoms with Crippen molar-refractivity contribution in [1.82, 2.24) is 20.1 Å². The number of para-hydroxylation sites is 1. The standard InChI is InChI=1S/C15H22N6O/c1-11(20(3)13-8-6-5-7-9-13)10-16-15(22)17-14-19-18-12(2)21(14)4/h5-9,11H,10H2,1-4H3,(H2,16,17,19,22)/t11-/m0/s1. The highest BCUT2D eigenvalue weighted by atomic mass is 16.2. The minimum atomic E-state index is -0.288. The number of aryl methyl sites for hydroxylation is 1. The molecule has 0 aliphatic carbocycles. The van der Waals surface area contributed by atoms with E-state index in [1.54, 1.807) is 11.6 Å². The molecular weight excluding hydrogens is 280 g/mol. The number of hydrogen-bond acceptors (Lipinski definition) is 4. The average Bonchev–Trinajstić information content (AvgIpc) is 2.84. The lowest BCUT2D eigenvalue weighted by Gasteiger charge is -2.27. The van der Waals surface area contributed by atoms with Gasteiger partial charge in [0.2, 0.25) is 5.95 Å². The Balaban J connectivity index is 1.84. The van der Waals surface area contributed by atoms with Gasteiger partial charge >= 0.3 is 6.03 Å². The number of aromatic nitrogens is 3. The van der Waals surface area contributed by atoms with Gasteiger partial charge in [-0.2, -0.15) is 0 Å². The minimum Gasteiger partial charge on any atom is -0.370 e. The number of carbonyl (C=O) groups is 1. The van der Waals surface area contributed by atoms with Crippen molar-refractivity contribution in [3.63, 3.8) is 0 Å². The molecule has 7 heteroatoms. The summed E-state index contributed by atoms with van der Waals surface area (Å²) in [5.74, 6) is 1.17. The van der Waals surface area contributed by atoms with Gasteiger partial charge in [0, 0.05) is 32.4 Å². The van der Waals surface area contributed by atoms with Crippen LogP contribution in [0.2, 0.25) is 0 Å². The van der Waals surface area contributed by atoms with E-state index in [1.807, 2.05) is 44.3 Å². The van der Waals surface area contributed by atoms with Gasteiger partial charge in [-0.1, -0.05) is 18.2 Å². The van der Waals surface area contributed by atoms with Crippen molar-refractivity contribution in [3.05, 3.63) is 36.2 Å². The molecule has 0 radical (unpaired) electrons. The molecule has 2 amide bonds. The van der Waals surface area contributed by atoms with E-state index in [1.165, 1.54) is 0 Å². The van der Waals surface area contributed by atoms with E-state index in [9.17, 15) is 4.79 Å². The van der Waals surface area contributed by atoms with E-state index in [0.717, 1.165) is 11.5 Å². The Morgan fingerprint density at radius 2 is 2.00 bits per heavy atom. The maximum Gasteiger partial charge on any atom is 0.321 e. The van der Waals surface area contributed by atoms with Gasteiger partial charge in [0.25, 0.3) is 0 Å². The fourth-order valence-corrected chi connectivity index (χ4v) is 1.96. The number of likely N-dealkylation sites (N-methyl/N-ethyl adjacent to an activating group) is 1. The summed E-state index contributed by atoms with van der Waals surface area (Å²) in [6.07, 6.45) is 0. The molecule has 0 saturated carbocycles. The second-order valence-electron chi connectivity index (χ2n) is 5.26. The quantitative estimate of drug-likeness (QED) is 0.882. The number of hydrogen-bond donors (Lipinski definition) is 2. The molecule has 1 aromatic heterocycles. The summed E-state index contributed by atoms with van der Waals surface area (Å²) in [7, 11) is 3.81. The molecule has 0 unspecified atom stereocenters. The first kappa shape index (κ1) is 15.8. The first-order valence-electron chi connectivity index (χ1n) is 7.17. The molecule has 0 fully saturated rings. The van der Waals surface area contributed by atoms with Crippen LogP contribution in [0.15, 0.2) is 30.3 Å². The van der Waals surface area contributed by atoms with Crippen LogP contribution in [0.1, 0.15) is 12.7 Å². The van der Waals surface area contributed by atoms with E-state index >= 15 is 0 Å². The van der Waals surface area contributed by atoms with Gasteiger partial charge < -0.3 is 14.8 Å². The average molecular weight is 302 g/mol. The zero-order valence-electron chi connectivity index (χ0n) is 13.4. The number of benzene rings is 1. The van der Waals surface area contributed by atoms with Crippen LogP contribution in [0.25, 0.3) is 0 Å². The van der Waals surface area contributed by atoms with Gasteiger partial charge in [-0.05, 0) is 26.0 Å². The zero-order valence-corrected chi connectivity index (χ0v) is 13.4. The Bertz CT molecular complexity index is 624. The summed E-state index contributed by atoms with van der Waals surface area (Å²) in [6, 6.07) is 9.93. The second kappa shape index (κ2) is 6.93. The van der Waals surface area contributed by atoms with Crippen LogP contribution in [0, 0.1) is 6.92 Å². The van der Waals surface area contributed by atoms with Crippen molar-refractivity contribution in [2.75, 3.05) is 23.8 Å². The highest BCUT2D eigenvalue weighted by Crippen LogP contribution is 2.13. The normalized spacial score (nSPS) is 11.8. The molecule has 2 rings (SSSR count). The molecule has 1 aromatic carbocycles. The van der Waals surface area contributed by atoms with Gasteiger partial charge in [-0.15, -0.1) is 10.2 Å². The summed E-state index contributed by atoms with van der Waals surface area (Å²) >= 11 is 0. The lowest BCUT2D eigenvalue weighted by Crippen LogP contribution is -2.42. The Labute approximate surface area is 130 Å². The molecule has 22 heavy (non-hydrogen) atoms. The van der Waals surface area contributed by atoms with Crippen molar-refractivity contribution in [2.45, 2.75) is 19.9 Å². The van der Waals surface area contributed by atoms with Crippen molar-refractivity contribution in [3.8, 4) is 0 Å². The predicted octanol–water partition coefficient (Wildman–Crippen LogP) is 1.77. The molecule has 7 nitrogen and oxygen atoms in total. The van der Waals surface area contributed by atoms with Crippen molar-refractivity contribution in [1.29, 1.82) is 0 Å². The van der Waals surface area contributed by atoms with E-state index in [0.29, 0.717) is 12.5 Å². The maximum absolute atomic E-state index is 11.9. The second-order valence-corrected chi connectivity index (χ2v) is 5.26. The molecule has 0 spiro atoms. The number of amides is 2. The fourth-order valence-electron chi connectivity index (χ4n) is 1.96. The fraction of sp³-hybridized carbons (Fsp3) is 0.400. The zero-order chi connectivity index (χ0) is 16.1. The first-order chi connectivity index (χ1) is 10.5. The molecule has 0 bridgehead atoms. The summed E-state index contributed by atoms with van der Waals surface area (Å²) in [5, 5.41) is 13.3. The van der Waals surface area contributed by atoms with Crippen LogP contribution in [-0.2, 0) is 7.05 Å². The third-order valence-electron chi connectivity index (χ3n) is 3.70. The van der Waals surface area contributed by atoms with Gasteiger partial charge in [0.05, 0.1) is 0 Å². The Morgan fingerprint density at radius 1 is 1.32 bits per heavy atom. The van der Waals surface area contributed by atoms with E-state index < -0.39 is 0 Å². The van der Waals surface area contributed by atoms with Gasteiger partial charge in [-0.25, -0.2) is 4.79 Å². The Kier molecular flexibility index (Phi) is 4.98. The number of anilines is 2. The molecule has 2 N–H and O–H groups in total. The Morgan fingerprint density at radius 3 is 2.59 bits per heavy atom. The number of urea groups is 1. The van der Waals surface area contributed by atoms with Crippen LogP contribution in [0.4, 0.5) is 16.4 Å². The molecular formula is C15H22N6O. The molecule has 1 atom stereocenters. The highest BCUT2D eigenvalue weighted by molar-refractivity contribution is 5.87. The highest BCUT2D eigenvalue weighted by Gasteiger charge is 2.13. The third-order valence-corrected chi connectivity index (χ3v) is 3.70. The maximum atomic E-state index is 11.9. The third kappa shape index (κ3) is 3.75. The number of carbonyl (C=O) groups excluding carboxylic acids is 1. The molecule has 118 valence electrons. The largest absolute Gasteiger partial charge is 0.370 e. The number of nitrogens with zero attached hydrogens (tertiary/aromatic N) is 4. The van der Waals surface area contributed by atoms with E-state index in [-0.39, 0.29) is 12.1 Å². The SMILES string of the molecule is Cc1nnc(NC(=O)NC[C@H](C)N(C)c2ccccc2)n1C. The molecule has 1 heterocycles. The monoisotopic (exact) mass is 302 g/mol. The topological polar surface area (TPSA) is 75.1 Å². The first-order valence-corrected chi connectivity index (χ1v) is 7.17. The lowest BCUT2D eigenvalue weighted by molar-refractivity contribution is 0.251. The summed E-state index contributed by atoms with van der Waals surface area (Å²) < 4.78 is 1.72. The summed E-state index contributed by atoms with van der Waals surface area (Å²) in [5.41, 5.74) is 1.11. The number of nitrogens with one attached hydrogen (secondary N) is 2. The van der Waals surface area contributed by atoms with Crippen LogP contribution < -0.4 is 15.5 Å². The van der Waals surface area contributed by atoms with Crippen molar-refractivity contribution in [2.24, 2.45) is 7.05 Å². The van der Waals surface area contributed by atoms with Crippen molar-refractivity contribution < 1.29 is 4.79 Å². The lowest BCUT2D eigenvalue weighted by atomic mass is 10.2. The predicted molar refractivity (Wildman–Crippen MR) is 87.1 cm³/mol. The molecule has 0 aliphatic rings. The minimum absolute atomic E-state index is 0.161. The molecule has 0 saturated heterocycles. The van der Waals surface area contributed by atoms with Crippen LogP contribution in [0.5, 0.6) is 0 Å². The summed E-state index contributed by atoms with van der Waals surface area (Å²) in [6.45, 7) is 4.40. The van der Waals surface area contributed by atoms with E-state index in [4.69, 9.17) is 0 Å². The van der Waals surface area contributed by atoms with Gasteiger partial charge in [-0.3, -0.25) is 5.32 Å². The Hall–Kier alpha value is -2.57. The van der Waals surface area contributed by atoms with E-state index in [2.05, 4.69) is 32.7 Å². The summed E-state index contributed by atoms with van der Waals surface area (Å²) in [4.78, 5) is 14.0. The van der Waals surface area contributed by atoms with Gasteiger partial charge in [0.15, 0.2) is 0 Å². The number of rotatable bonds is 5. The molecule has 2 aromatic rings. The van der Waals surface area contributed by atoms with Gasteiger partial charge in [0.1, 0.15) is 5.82 Å². The van der Waals surface area contributed by atoms with Crippen LogP contribution >= 0.6 is 0 Å². The van der Waals surface area contributed by atoms with Crippen LogP contribution in [0.3, 0.4) is 0 Å². The smallest absolute Gasteiger partial charge is 0.321 e.